The Morgan fingerprint density at radius 3 is 2.80 bits per heavy atom. The van der Waals surface area contributed by atoms with Gasteiger partial charge in [0.2, 0.25) is 5.95 Å². The first-order valence-electron chi connectivity index (χ1n) is 9.36. The Hall–Kier alpha value is -3.52. The quantitative estimate of drug-likeness (QED) is 0.396. The van der Waals surface area contributed by atoms with Gasteiger partial charge in [0.15, 0.2) is 11.4 Å². The van der Waals surface area contributed by atoms with Gasteiger partial charge in [0.25, 0.3) is 0 Å². The average Bonchev–Trinajstić information content (AvgIpc) is 3.08. The van der Waals surface area contributed by atoms with E-state index in [1.807, 2.05) is 32.9 Å². The van der Waals surface area contributed by atoms with Gasteiger partial charge in [-0.2, -0.15) is 4.98 Å². The standard InChI is InChI=1S/C21H20ClN5O3/c1-4-29-18-9-14(7-11(2)12(18)3)25-20-23-10-15(22)19(27-20)24-13-5-6-17-16(8-13)26-21(28)30-17/h5-10H,4H2,1-3H3,(H,26,28)(H2,23,24,25,27). The van der Waals surface area contributed by atoms with Crippen LogP contribution in [0.2, 0.25) is 5.02 Å². The van der Waals surface area contributed by atoms with E-state index < -0.39 is 5.76 Å². The van der Waals surface area contributed by atoms with E-state index >= 15 is 0 Å². The van der Waals surface area contributed by atoms with Crippen molar-refractivity contribution in [2.45, 2.75) is 20.8 Å². The largest absolute Gasteiger partial charge is 0.494 e. The molecule has 0 bridgehead atoms. The smallest absolute Gasteiger partial charge is 0.417 e. The molecular formula is C21H20ClN5O3. The molecular weight excluding hydrogens is 406 g/mol. The van der Waals surface area contributed by atoms with Gasteiger partial charge >= 0.3 is 5.76 Å². The zero-order chi connectivity index (χ0) is 21.3. The molecule has 4 aromatic rings. The summed E-state index contributed by atoms with van der Waals surface area (Å²) in [6.45, 7) is 6.58. The van der Waals surface area contributed by atoms with Crippen molar-refractivity contribution in [3.8, 4) is 5.75 Å². The summed E-state index contributed by atoms with van der Waals surface area (Å²) >= 11 is 6.27. The summed E-state index contributed by atoms with van der Waals surface area (Å²) in [6.07, 6.45) is 1.52. The van der Waals surface area contributed by atoms with Gasteiger partial charge in [0, 0.05) is 17.4 Å². The SMILES string of the molecule is CCOc1cc(Nc2ncc(Cl)c(Nc3ccc4oc(=O)[nH]c4c3)n2)cc(C)c1C. The molecule has 0 aliphatic carbocycles. The summed E-state index contributed by atoms with van der Waals surface area (Å²) < 4.78 is 10.7. The first-order valence-corrected chi connectivity index (χ1v) is 9.74. The van der Waals surface area contributed by atoms with E-state index in [0.29, 0.717) is 40.2 Å². The van der Waals surface area contributed by atoms with Crippen LogP contribution in [0.3, 0.4) is 0 Å². The van der Waals surface area contributed by atoms with Gasteiger partial charge in [-0.1, -0.05) is 11.6 Å². The van der Waals surface area contributed by atoms with Crippen LogP contribution in [0.4, 0.5) is 23.1 Å². The number of aromatic nitrogens is 3. The average molecular weight is 426 g/mol. The number of anilines is 4. The number of ether oxygens (including phenoxy) is 1. The third-order valence-electron chi connectivity index (χ3n) is 4.60. The molecule has 2 aromatic carbocycles. The molecule has 0 fully saturated rings. The van der Waals surface area contributed by atoms with E-state index in [1.54, 1.807) is 18.2 Å². The van der Waals surface area contributed by atoms with Crippen LogP contribution in [0.15, 0.2) is 45.7 Å². The highest BCUT2D eigenvalue weighted by molar-refractivity contribution is 6.32. The van der Waals surface area contributed by atoms with Crippen LogP contribution in [0.25, 0.3) is 11.1 Å². The van der Waals surface area contributed by atoms with E-state index in [2.05, 4.69) is 25.6 Å². The Morgan fingerprint density at radius 1 is 1.17 bits per heavy atom. The molecule has 0 aliphatic rings. The Morgan fingerprint density at radius 2 is 2.00 bits per heavy atom. The first-order chi connectivity index (χ1) is 14.4. The van der Waals surface area contributed by atoms with Crippen molar-refractivity contribution in [3.05, 3.63) is 63.2 Å². The van der Waals surface area contributed by atoms with Crippen molar-refractivity contribution < 1.29 is 9.15 Å². The van der Waals surface area contributed by atoms with Crippen LogP contribution < -0.4 is 21.1 Å². The number of aromatic amines is 1. The second-order valence-corrected chi connectivity index (χ2v) is 7.12. The molecule has 30 heavy (non-hydrogen) atoms. The summed E-state index contributed by atoms with van der Waals surface area (Å²) in [5.41, 5.74) is 4.74. The molecule has 2 aromatic heterocycles. The molecule has 9 heteroatoms. The van der Waals surface area contributed by atoms with Crippen LogP contribution >= 0.6 is 11.6 Å². The van der Waals surface area contributed by atoms with E-state index in [-0.39, 0.29) is 0 Å². The summed E-state index contributed by atoms with van der Waals surface area (Å²) in [5.74, 6) is 1.11. The molecule has 0 saturated carbocycles. The number of hydrogen-bond donors (Lipinski definition) is 3. The normalized spacial score (nSPS) is 10.9. The van der Waals surface area contributed by atoms with Gasteiger partial charge < -0.3 is 19.8 Å². The predicted molar refractivity (Wildman–Crippen MR) is 118 cm³/mol. The highest BCUT2D eigenvalue weighted by atomic mass is 35.5. The van der Waals surface area contributed by atoms with Gasteiger partial charge in [-0.25, -0.2) is 9.78 Å². The lowest BCUT2D eigenvalue weighted by Gasteiger charge is -2.14. The third-order valence-corrected chi connectivity index (χ3v) is 4.88. The molecule has 0 spiro atoms. The Labute approximate surface area is 177 Å². The molecule has 2 heterocycles. The highest BCUT2D eigenvalue weighted by Crippen LogP contribution is 2.29. The number of H-pyrrole nitrogens is 1. The molecule has 4 rings (SSSR count). The minimum atomic E-state index is -0.506. The molecule has 3 N–H and O–H groups in total. The number of nitrogens with zero attached hydrogens (tertiary/aromatic N) is 2. The summed E-state index contributed by atoms with van der Waals surface area (Å²) in [4.78, 5) is 22.7. The predicted octanol–water partition coefficient (Wildman–Crippen LogP) is 5.07. The fourth-order valence-electron chi connectivity index (χ4n) is 3.02. The third kappa shape index (κ3) is 4.08. The molecule has 0 unspecified atom stereocenters. The number of hydrogen-bond acceptors (Lipinski definition) is 7. The monoisotopic (exact) mass is 425 g/mol. The molecule has 154 valence electrons. The van der Waals surface area contributed by atoms with Crippen LogP contribution in [0, 0.1) is 13.8 Å². The lowest BCUT2D eigenvalue weighted by atomic mass is 10.1. The van der Waals surface area contributed by atoms with Gasteiger partial charge in [-0.05, 0) is 56.2 Å². The zero-order valence-electron chi connectivity index (χ0n) is 16.7. The molecule has 0 saturated heterocycles. The van der Waals surface area contributed by atoms with Crippen LogP contribution in [-0.2, 0) is 0 Å². The Bertz CT molecular complexity index is 1280. The van der Waals surface area contributed by atoms with Crippen LogP contribution in [-0.4, -0.2) is 21.6 Å². The van der Waals surface area contributed by atoms with Gasteiger partial charge in [0.1, 0.15) is 10.8 Å². The zero-order valence-corrected chi connectivity index (χ0v) is 17.4. The Kier molecular flexibility index (Phi) is 5.33. The molecule has 8 nitrogen and oxygen atoms in total. The van der Waals surface area contributed by atoms with Gasteiger partial charge in [-0.3, -0.25) is 4.98 Å². The van der Waals surface area contributed by atoms with E-state index in [9.17, 15) is 4.79 Å². The maximum absolute atomic E-state index is 11.3. The fraction of sp³-hybridized carbons (Fsp3) is 0.190. The number of benzene rings is 2. The lowest BCUT2D eigenvalue weighted by Crippen LogP contribution is -2.03. The summed E-state index contributed by atoms with van der Waals surface area (Å²) in [7, 11) is 0. The molecule has 0 aliphatic heterocycles. The number of nitrogens with one attached hydrogen (secondary N) is 3. The maximum Gasteiger partial charge on any atom is 0.417 e. The minimum absolute atomic E-state index is 0.358. The molecule has 0 amide bonds. The maximum atomic E-state index is 11.3. The summed E-state index contributed by atoms with van der Waals surface area (Å²) in [6, 6.07) is 9.12. The number of oxazole rings is 1. The van der Waals surface area contributed by atoms with E-state index in [1.165, 1.54) is 6.20 Å². The van der Waals surface area contributed by atoms with Crippen LogP contribution in [0.1, 0.15) is 18.1 Å². The topological polar surface area (TPSA) is 105 Å². The molecule has 0 atom stereocenters. The van der Waals surface area contributed by atoms with E-state index in [0.717, 1.165) is 22.6 Å². The van der Waals surface area contributed by atoms with Gasteiger partial charge in [-0.15, -0.1) is 0 Å². The fourth-order valence-corrected chi connectivity index (χ4v) is 3.15. The van der Waals surface area contributed by atoms with Crippen molar-refractivity contribution in [2.24, 2.45) is 0 Å². The second kappa shape index (κ2) is 8.08. The summed E-state index contributed by atoms with van der Waals surface area (Å²) in [5, 5.41) is 6.69. The van der Waals surface area contributed by atoms with Gasteiger partial charge in [0.05, 0.1) is 18.3 Å². The Balaban J connectivity index is 1.60. The number of rotatable bonds is 6. The first kappa shape index (κ1) is 19.8. The highest BCUT2D eigenvalue weighted by Gasteiger charge is 2.10. The lowest BCUT2D eigenvalue weighted by molar-refractivity contribution is 0.338. The van der Waals surface area contributed by atoms with Crippen LogP contribution in [0.5, 0.6) is 5.75 Å². The minimum Gasteiger partial charge on any atom is -0.494 e. The van der Waals surface area contributed by atoms with Crippen molar-refractivity contribution >= 4 is 45.8 Å². The number of halogens is 1. The van der Waals surface area contributed by atoms with E-state index in [4.69, 9.17) is 20.8 Å². The van der Waals surface area contributed by atoms with Crippen molar-refractivity contribution in [1.82, 2.24) is 15.0 Å². The van der Waals surface area contributed by atoms with Crippen molar-refractivity contribution in [2.75, 3.05) is 17.2 Å². The second-order valence-electron chi connectivity index (χ2n) is 6.71. The number of fused-ring (bicyclic) bond motifs is 1. The number of aryl methyl sites for hydroxylation is 1. The van der Waals surface area contributed by atoms with Crippen molar-refractivity contribution in [1.29, 1.82) is 0 Å². The van der Waals surface area contributed by atoms with Crippen molar-refractivity contribution in [3.63, 3.8) is 0 Å². The molecule has 0 radical (unpaired) electrons.